The monoisotopic (exact) mass is 362 g/mol. The molecule has 0 saturated heterocycles. The van der Waals surface area contributed by atoms with E-state index >= 15 is 0 Å². The highest BCUT2D eigenvalue weighted by Gasteiger charge is 2.25. The molecule has 6 nitrogen and oxygen atoms in total. The molecule has 0 heterocycles. The fourth-order valence-corrected chi connectivity index (χ4v) is 2.52. The molecule has 0 aliphatic heterocycles. The van der Waals surface area contributed by atoms with Crippen LogP contribution in [0.2, 0.25) is 5.02 Å². The molecule has 0 amide bonds. The zero-order valence-electron chi connectivity index (χ0n) is 14.0. The molecule has 0 radical (unpaired) electrons. The van der Waals surface area contributed by atoms with Crippen LogP contribution in [0, 0.1) is 10.1 Å². The minimum atomic E-state index is -0.740. The maximum atomic E-state index is 12.5. The van der Waals surface area contributed by atoms with Crippen molar-refractivity contribution in [3.05, 3.63) is 74.8 Å². The van der Waals surface area contributed by atoms with Gasteiger partial charge in [0, 0.05) is 24.1 Å². The van der Waals surface area contributed by atoms with E-state index in [2.05, 4.69) is 0 Å². The maximum Gasteiger partial charge on any atom is 0.345 e. The van der Waals surface area contributed by atoms with Crippen molar-refractivity contribution in [2.75, 3.05) is 20.6 Å². The highest BCUT2D eigenvalue weighted by Crippen LogP contribution is 2.28. The van der Waals surface area contributed by atoms with Crippen molar-refractivity contribution < 1.29 is 14.5 Å². The molecule has 1 unspecified atom stereocenters. The number of carbonyl (C=O) groups excluding carboxylic acids is 1. The lowest BCUT2D eigenvalue weighted by Crippen LogP contribution is -2.20. The van der Waals surface area contributed by atoms with E-state index in [0.29, 0.717) is 13.0 Å². The van der Waals surface area contributed by atoms with E-state index in [4.69, 9.17) is 16.3 Å². The number of nitro groups is 1. The third-order valence-corrected chi connectivity index (χ3v) is 3.87. The summed E-state index contributed by atoms with van der Waals surface area (Å²) in [5.74, 6) is -0.740. The van der Waals surface area contributed by atoms with Gasteiger partial charge in [0.25, 0.3) is 5.69 Å². The number of hydrogen-bond acceptors (Lipinski definition) is 5. The van der Waals surface area contributed by atoms with Gasteiger partial charge < -0.3 is 9.64 Å². The van der Waals surface area contributed by atoms with Gasteiger partial charge in [-0.1, -0.05) is 41.9 Å². The van der Waals surface area contributed by atoms with E-state index < -0.39 is 17.0 Å². The van der Waals surface area contributed by atoms with Crippen molar-refractivity contribution in [1.29, 1.82) is 0 Å². The average Bonchev–Trinajstić information content (AvgIpc) is 2.58. The molecule has 7 heteroatoms. The van der Waals surface area contributed by atoms with Crippen LogP contribution in [0.3, 0.4) is 0 Å². The molecule has 0 N–H and O–H groups in total. The van der Waals surface area contributed by atoms with Gasteiger partial charge in [0.15, 0.2) is 0 Å². The Morgan fingerprint density at radius 3 is 2.52 bits per heavy atom. The van der Waals surface area contributed by atoms with Crippen LogP contribution in [0.15, 0.2) is 48.5 Å². The largest absolute Gasteiger partial charge is 0.454 e. The molecular weight excluding hydrogens is 344 g/mol. The Hall–Kier alpha value is -2.44. The molecule has 0 fully saturated rings. The highest BCUT2D eigenvalue weighted by atomic mass is 35.5. The molecule has 0 aromatic heterocycles. The van der Waals surface area contributed by atoms with Crippen LogP contribution in [0.25, 0.3) is 0 Å². The van der Waals surface area contributed by atoms with Crippen LogP contribution >= 0.6 is 11.6 Å². The molecule has 1 atom stereocenters. The summed E-state index contributed by atoms with van der Waals surface area (Å²) in [6.07, 6.45) is 0.0795. The summed E-state index contributed by atoms with van der Waals surface area (Å²) in [5.41, 5.74) is 0.367. The molecule has 0 aliphatic carbocycles. The van der Waals surface area contributed by atoms with E-state index in [1.165, 1.54) is 12.1 Å². The van der Waals surface area contributed by atoms with E-state index in [1.54, 1.807) is 0 Å². The molecule has 2 aromatic carbocycles. The fraction of sp³-hybridized carbons (Fsp3) is 0.278. The number of nitro benzene ring substituents is 1. The molecular formula is C18H19ClN2O4. The topological polar surface area (TPSA) is 72.7 Å². The van der Waals surface area contributed by atoms with E-state index in [-0.39, 0.29) is 16.3 Å². The van der Waals surface area contributed by atoms with Crippen LogP contribution in [0.5, 0.6) is 0 Å². The Kier molecular flexibility index (Phi) is 6.50. The number of ether oxygens (including phenoxy) is 1. The summed E-state index contributed by atoms with van der Waals surface area (Å²) in [6.45, 7) is 0.704. The van der Waals surface area contributed by atoms with E-state index in [9.17, 15) is 14.9 Å². The fourth-order valence-electron chi connectivity index (χ4n) is 2.36. The summed E-state index contributed by atoms with van der Waals surface area (Å²) < 4.78 is 5.59. The first-order valence-electron chi connectivity index (χ1n) is 7.73. The van der Waals surface area contributed by atoms with Crippen LogP contribution in [-0.2, 0) is 4.74 Å². The predicted molar refractivity (Wildman–Crippen MR) is 95.9 cm³/mol. The SMILES string of the molecule is CN(C)CCC(OC(=O)c1ccc(Cl)cc1[N+](=O)[O-])c1ccccc1. The maximum absolute atomic E-state index is 12.5. The number of nitrogens with zero attached hydrogens (tertiary/aromatic N) is 2. The van der Waals surface area contributed by atoms with Crippen LogP contribution < -0.4 is 0 Å². The molecule has 2 rings (SSSR count). The van der Waals surface area contributed by atoms with Crippen molar-refractivity contribution in [3.8, 4) is 0 Å². The number of rotatable bonds is 7. The minimum absolute atomic E-state index is 0.111. The molecule has 0 bridgehead atoms. The predicted octanol–water partition coefficient (Wildman–Crippen LogP) is 4.10. The molecule has 25 heavy (non-hydrogen) atoms. The number of carbonyl (C=O) groups is 1. The van der Waals surface area contributed by atoms with Gasteiger partial charge in [-0.15, -0.1) is 0 Å². The first kappa shape index (κ1) is 18.9. The zero-order chi connectivity index (χ0) is 18.4. The molecule has 0 saturated carbocycles. The number of benzene rings is 2. The van der Waals surface area contributed by atoms with Gasteiger partial charge in [-0.25, -0.2) is 4.79 Å². The van der Waals surface area contributed by atoms with Crippen molar-refractivity contribution in [1.82, 2.24) is 4.90 Å². The summed E-state index contributed by atoms with van der Waals surface area (Å²) >= 11 is 5.79. The quantitative estimate of drug-likeness (QED) is 0.421. The standard InChI is InChI=1S/C18H19ClN2O4/c1-20(2)11-10-17(13-6-4-3-5-7-13)25-18(22)15-9-8-14(19)12-16(15)21(23)24/h3-9,12,17H,10-11H2,1-2H3. The van der Waals surface area contributed by atoms with Crippen molar-refractivity contribution >= 4 is 23.3 Å². The first-order chi connectivity index (χ1) is 11.9. The van der Waals surface area contributed by atoms with Gasteiger partial charge in [-0.3, -0.25) is 10.1 Å². The summed E-state index contributed by atoms with van der Waals surface area (Å²) in [6, 6.07) is 13.2. The van der Waals surface area contributed by atoms with Crippen molar-refractivity contribution in [2.24, 2.45) is 0 Å². The number of esters is 1. The second-order valence-electron chi connectivity index (χ2n) is 5.82. The van der Waals surface area contributed by atoms with Gasteiger partial charge in [-0.2, -0.15) is 0 Å². The van der Waals surface area contributed by atoms with Crippen molar-refractivity contribution in [3.63, 3.8) is 0 Å². The number of halogens is 1. The number of hydrogen-bond donors (Lipinski definition) is 0. The Balaban J connectivity index is 2.26. The van der Waals surface area contributed by atoms with Gasteiger partial charge in [0.2, 0.25) is 0 Å². The first-order valence-corrected chi connectivity index (χ1v) is 8.11. The van der Waals surface area contributed by atoms with Crippen LogP contribution in [0.4, 0.5) is 5.69 Å². The van der Waals surface area contributed by atoms with Gasteiger partial charge >= 0.3 is 5.97 Å². The lowest BCUT2D eigenvalue weighted by atomic mass is 10.1. The minimum Gasteiger partial charge on any atom is -0.454 e. The smallest absolute Gasteiger partial charge is 0.345 e. The lowest BCUT2D eigenvalue weighted by Gasteiger charge is -2.20. The average molecular weight is 363 g/mol. The summed E-state index contributed by atoms with van der Waals surface area (Å²) in [5, 5.41) is 11.4. The Morgan fingerprint density at radius 1 is 1.24 bits per heavy atom. The molecule has 132 valence electrons. The third kappa shape index (κ3) is 5.27. The lowest BCUT2D eigenvalue weighted by molar-refractivity contribution is -0.385. The molecule has 0 aliphatic rings. The van der Waals surface area contributed by atoms with Crippen molar-refractivity contribution in [2.45, 2.75) is 12.5 Å². The van der Waals surface area contributed by atoms with Crippen LogP contribution in [-0.4, -0.2) is 36.4 Å². The van der Waals surface area contributed by atoms with Gasteiger partial charge in [-0.05, 0) is 31.8 Å². The normalized spacial score (nSPS) is 12.0. The zero-order valence-corrected chi connectivity index (χ0v) is 14.8. The Labute approximate surface area is 151 Å². The highest BCUT2D eigenvalue weighted by molar-refractivity contribution is 6.31. The Morgan fingerprint density at radius 2 is 1.92 bits per heavy atom. The second kappa shape index (κ2) is 8.60. The van der Waals surface area contributed by atoms with Gasteiger partial charge in [0.05, 0.1) is 4.92 Å². The summed E-state index contributed by atoms with van der Waals surface area (Å²) in [4.78, 5) is 25.0. The third-order valence-electron chi connectivity index (χ3n) is 3.64. The molecule has 2 aromatic rings. The summed E-state index contributed by atoms with van der Waals surface area (Å²) in [7, 11) is 3.85. The van der Waals surface area contributed by atoms with E-state index in [1.807, 2.05) is 49.3 Å². The second-order valence-corrected chi connectivity index (χ2v) is 6.25. The van der Waals surface area contributed by atoms with Gasteiger partial charge in [0.1, 0.15) is 11.7 Å². The molecule has 0 spiro atoms. The van der Waals surface area contributed by atoms with E-state index in [0.717, 1.165) is 11.6 Å². The van der Waals surface area contributed by atoms with Crippen LogP contribution in [0.1, 0.15) is 28.4 Å². The Bertz CT molecular complexity index is 750.